The third-order valence-corrected chi connectivity index (χ3v) is 3.05. The molecule has 1 amide bonds. The number of aromatic carboxylic acids is 1. The quantitative estimate of drug-likeness (QED) is 0.863. The van der Waals surface area contributed by atoms with E-state index in [1.807, 2.05) is 6.92 Å². The Morgan fingerprint density at radius 1 is 1.30 bits per heavy atom. The van der Waals surface area contributed by atoms with Crippen molar-refractivity contribution in [1.82, 2.24) is 15.5 Å². The van der Waals surface area contributed by atoms with E-state index >= 15 is 0 Å². The molecule has 2 aromatic heterocycles. The van der Waals surface area contributed by atoms with Gasteiger partial charge in [0.2, 0.25) is 5.76 Å². The number of carboxylic acids is 1. The molecule has 2 N–H and O–H groups in total. The van der Waals surface area contributed by atoms with Crippen LogP contribution in [-0.4, -0.2) is 33.7 Å². The molecule has 0 saturated carbocycles. The van der Waals surface area contributed by atoms with Crippen molar-refractivity contribution >= 4 is 23.6 Å². The number of carbonyl (C=O) groups is 2. The molecule has 2 rings (SSSR count). The van der Waals surface area contributed by atoms with E-state index in [4.69, 9.17) is 9.52 Å². The molecule has 104 valence electrons. The zero-order valence-electron chi connectivity index (χ0n) is 10.5. The summed E-state index contributed by atoms with van der Waals surface area (Å²) >= 11 is 1.12. The van der Waals surface area contributed by atoms with Crippen LogP contribution >= 0.6 is 11.8 Å². The van der Waals surface area contributed by atoms with Crippen molar-refractivity contribution in [2.24, 2.45) is 0 Å². The molecular formula is C12H11N3O4S. The van der Waals surface area contributed by atoms with Gasteiger partial charge < -0.3 is 14.8 Å². The van der Waals surface area contributed by atoms with Crippen molar-refractivity contribution in [3.63, 3.8) is 0 Å². The van der Waals surface area contributed by atoms with Gasteiger partial charge >= 0.3 is 5.97 Å². The first-order chi connectivity index (χ1) is 9.60. The normalized spacial score (nSPS) is 10.2. The second-order valence-corrected chi connectivity index (χ2v) is 4.67. The van der Waals surface area contributed by atoms with Crippen molar-refractivity contribution in [3.8, 4) is 0 Å². The van der Waals surface area contributed by atoms with E-state index in [9.17, 15) is 9.59 Å². The van der Waals surface area contributed by atoms with Crippen molar-refractivity contribution in [2.45, 2.75) is 17.0 Å². The molecule has 0 aliphatic heterocycles. The van der Waals surface area contributed by atoms with E-state index in [0.717, 1.165) is 11.8 Å². The molecule has 7 nitrogen and oxygen atoms in total. The number of nitrogens with zero attached hydrogens (tertiary/aromatic N) is 2. The third-order valence-electron chi connectivity index (χ3n) is 2.21. The topological polar surface area (TPSA) is 105 Å². The highest BCUT2D eigenvalue weighted by atomic mass is 32.2. The van der Waals surface area contributed by atoms with Crippen LogP contribution < -0.4 is 5.32 Å². The predicted octanol–water partition coefficient (Wildman–Crippen LogP) is 1.67. The number of aromatic nitrogens is 2. The largest absolute Gasteiger partial charge is 0.475 e. The fourth-order valence-electron chi connectivity index (χ4n) is 1.34. The summed E-state index contributed by atoms with van der Waals surface area (Å²) in [4.78, 5) is 22.2. The van der Waals surface area contributed by atoms with Crippen LogP contribution in [0.4, 0.5) is 0 Å². The second-order valence-electron chi connectivity index (χ2n) is 3.64. The fourth-order valence-corrected chi connectivity index (χ4v) is 2.03. The zero-order chi connectivity index (χ0) is 14.5. The summed E-state index contributed by atoms with van der Waals surface area (Å²) in [6, 6.07) is 6.06. The summed E-state index contributed by atoms with van der Waals surface area (Å²) in [6.45, 7) is 2.33. The summed E-state index contributed by atoms with van der Waals surface area (Å²) < 4.78 is 5.08. The second kappa shape index (κ2) is 6.20. The monoisotopic (exact) mass is 293 g/mol. The van der Waals surface area contributed by atoms with Crippen LogP contribution in [0.3, 0.4) is 0 Å². The van der Waals surface area contributed by atoms with E-state index in [1.54, 1.807) is 12.1 Å². The maximum absolute atomic E-state index is 11.5. The number of hydrogen-bond donors (Lipinski definition) is 2. The molecule has 0 aliphatic rings. The zero-order valence-corrected chi connectivity index (χ0v) is 11.3. The summed E-state index contributed by atoms with van der Waals surface area (Å²) in [5, 5.41) is 19.9. The van der Waals surface area contributed by atoms with Gasteiger partial charge in [0.1, 0.15) is 5.03 Å². The van der Waals surface area contributed by atoms with Crippen LogP contribution in [0, 0.1) is 0 Å². The number of carboxylic acid groups (broad SMARTS) is 1. The molecule has 20 heavy (non-hydrogen) atoms. The first-order valence-electron chi connectivity index (χ1n) is 5.73. The molecule has 0 fully saturated rings. The first kappa shape index (κ1) is 14.1. The minimum Gasteiger partial charge on any atom is -0.475 e. The Morgan fingerprint density at radius 2 is 2.10 bits per heavy atom. The standard InChI is InChI=1S/C12H11N3O4S/c1-2-13-11(16)7-3-5-9(15-14-7)20-10-6-4-8(19-10)12(17)18/h3-6H,2H2,1H3,(H,13,16)(H,17,18). The van der Waals surface area contributed by atoms with Crippen LogP contribution in [0.5, 0.6) is 0 Å². The molecule has 0 radical (unpaired) electrons. The lowest BCUT2D eigenvalue weighted by Gasteiger charge is -2.01. The number of carbonyl (C=O) groups excluding carboxylic acids is 1. The molecule has 0 atom stereocenters. The van der Waals surface area contributed by atoms with Crippen LogP contribution in [0.1, 0.15) is 28.0 Å². The highest BCUT2D eigenvalue weighted by molar-refractivity contribution is 7.99. The molecule has 8 heteroatoms. The van der Waals surface area contributed by atoms with E-state index in [1.165, 1.54) is 12.1 Å². The van der Waals surface area contributed by atoms with Crippen molar-refractivity contribution < 1.29 is 19.1 Å². The highest BCUT2D eigenvalue weighted by Gasteiger charge is 2.11. The van der Waals surface area contributed by atoms with Gasteiger partial charge in [0, 0.05) is 6.54 Å². The van der Waals surface area contributed by atoms with Gasteiger partial charge in [-0.2, -0.15) is 0 Å². The summed E-state index contributed by atoms with van der Waals surface area (Å²) in [7, 11) is 0. The van der Waals surface area contributed by atoms with E-state index in [2.05, 4.69) is 15.5 Å². The smallest absolute Gasteiger partial charge is 0.371 e. The van der Waals surface area contributed by atoms with Gasteiger partial charge in [-0.25, -0.2) is 4.79 Å². The number of amides is 1. The van der Waals surface area contributed by atoms with Crippen LogP contribution in [-0.2, 0) is 0 Å². The molecule has 0 aliphatic carbocycles. The summed E-state index contributed by atoms with van der Waals surface area (Å²) in [6.07, 6.45) is 0. The number of nitrogens with one attached hydrogen (secondary N) is 1. The highest BCUT2D eigenvalue weighted by Crippen LogP contribution is 2.27. The molecule has 0 saturated heterocycles. The minimum absolute atomic E-state index is 0.139. The lowest BCUT2D eigenvalue weighted by Crippen LogP contribution is -2.23. The molecule has 0 spiro atoms. The lowest BCUT2D eigenvalue weighted by molar-refractivity contribution is 0.0656. The fraction of sp³-hybridized carbons (Fsp3) is 0.167. The van der Waals surface area contributed by atoms with Gasteiger partial charge in [-0.05, 0) is 43.0 Å². The Balaban J connectivity index is 2.06. The Labute approximate surface area is 118 Å². The molecule has 0 aromatic carbocycles. The average molecular weight is 293 g/mol. The van der Waals surface area contributed by atoms with Gasteiger partial charge in [-0.15, -0.1) is 10.2 Å². The summed E-state index contributed by atoms with van der Waals surface area (Å²) in [5.74, 6) is -1.56. The predicted molar refractivity (Wildman–Crippen MR) is 69.8 cm³/mol. The minimum atomic E-state index is -1.13. The number of furan rings is 1. The van der Waals surface area contributed by atoms with Gasteiger partial charge in [-0.1, -0.05) is 0 Å². The molecule has 0 bridgehead atoms. The van der Waals surface area contributed by atoms with Crippen LogP contribution in [0.25, 0.3) is 0 Å². The molecule has 0 unspecified atom stereocenters. The Hall–Kier alpha value is -2.35. The van der Waals surface area contributed by atoms with Crippen molar-refractivity contribution in [2.75, 3.05) is 6.54 Å². The molecule has 2 heterocycles. The van der Waals surface area contributed by atoms with Crippen molar-refractivity contribution in [3.05, 3.63) is 35.7 Å². The SMILES string of the molecule is CCNC(=O)c1ccc(Sc2ccc(C(=O)O)o2)nn1. The maximum atomic E-state index is 11.5. The van der Waals surface area contributed by atoms with Gasteiger partial charge in [0.15, 0.2) is 10.8 Å². The Kier molecular flexibility index (Phi) is 4.36. The Bertz CT molecular complexity index is 624. The van der Waals surface area contributed by atoms with E-state index < -0.39 is 5.97 Å². The van der Waals surface area contributed by atoms with E-state index in [0.29, 0.717) is 16.7 Å². The first-order valence-corrected chi connectivity index (χ1v) is 6.54. The van der Waals surface area contributed by atoms with Gasteiger partial charge in [0.25, 0.3) is 5.91 Å². The average Bonchev–Trinajstić information content (AvgIpc) is 2.88. The third kappa shape index (κ3) is 3.35. The van der Waals surface area contributed by atoms with E-state index in [-0.39, 0.29) is 17.4 Å². The lowest BCUT2D eigenvalue weighted by atomic mass is 10.4. The summed E-state index contributed by atoms with van der Waals surface area (Å²) in [5.41, 5.74) is 0.224. The van der Waals surface area contributed by atoms with Crippen molar-refractivity contribution in [1.29, 1.82) is 0 Å². The number of hydrogen-bond acceptors (Lipinski definition) is 6. The molecule has 2 aromatic rings. The van der Waals surface area contributed by atoms with Crippen LogP contribution in [0.2, 0.25) is 0 Å². The van der Waals surface area contributed by atoms with Crippen LogP contribution in [0.15, 0.2) is 38.8 Å². The number of rotatable bonds is 5. The molecular weight excluding hydrogens is 282 g/mol. The van der Waals surface area contributed by atoms with Gasteiger partial charge in [-0.3, -0.25) is 4.79 Å². The van der Waals surface area contributed by atoms with Gasteiger partial charge in [0.05, 0.1) is 0 Å². The maximum Gasteiger partial charge on any atom is 0.371 e. The Morgan fingerprint density at radius 3 is 2.65 bits per heavy atom.